The first-order valence-electron chi connectivity index (χ1n) is 18.5. The summed E-state index contributed by atoms with van der Waals surface area (Å²) in [5.74, 6) is -0.853. The van der Waals surface area contributed by atoms with Crippen LogP contribution in [0.5, 0.6) is 0 Å². The number of hydrogen-bond donors (Lipinski definition) is 4. The van der Waals surface area contributed by atoms with Gasteiger partial charge in [-0.2, -0.15) is 0 Å². The Labute approximate surface area is 303 Å². The molecule has 2 aliphatic rings. The summed E-state index contributed by atoms with van der Waals surface area (Å²) in [5.41, 5.74) is -1.32. The first-order valence-corrected chi connectivity index (χ1v) is 20.0. The number of nitrogens with one attached hydrogen (secondary N) is 4. The highest BCUT2D eigenvalue weighted by atomic mass is 32.2. The maximum atomic E-state index is 14.5. The summed E-state index contributed by atoms with van der Waals surface area (Å²) < 4.78 is 13.1. The van der Waals surface area contributed by atoms with E-state index in [9.17, 15) is 28.2 Å². The van der Waals surface area contributed by atoms with Crippen LogP contribution < -0.4 is 21.3 Å². The van der Waals surface area contributed by atoms with Crippen LogP contribution in [0.2, 0.25) is 0 Å². The molecule has 0 aromatic carbocycles. The van der Waals surface area contributed by atoms with Gasteiger partial charge in [0.15, 0.2) is 0 Å². The molecule has 50 heavy (non-hydrogen) atoms. The van der Waals surface area contributed by atoms with Gasteiger partial charge in [0.1, 0.15) is 12.1 Å². The highest BCUT2D eigenvalue weighted by molar-refractivity contribution is 7.85. The Morgan fingerprint density at radius 3 is 2.14 bits per heavy atom. The molecule has 5 atom stereocenters. The number of nitrogens with zero attached hydrogens (tertiary/aromatic N) is 1. The van der Waals surface area contributed by atoms with Crippen LogP contribution in [0, 0.1) is 23.2 Å². The molecule has 284 valence electrons. The van der Waals surface area contributed by atoms with E-state index in [2.05, 4.69) is 48.3 Å². The van der Waals surface area contributed by atoms with Gasteiger partial charge in [-0.3, -0.25) is 23.4 Å². The van der Waals surface area contributed by atoms with Crippen LogP contribution in [0.15, 0.2) is 25.3 Å². The Morgan fingerprint density at radius 1 is 0.940 bits per heavy atom. The molecule has 0 spiro atoms. The zero-order chi connectivity index (χ0) is 37.6. The maximum absolute atomic E-state index is 14.5. The van der Waals surface area contributed by atoms with E-state index in [0.717, 1.165) is 38.5 Å². The quantitative estimate of drug-likeness (QED) is 0.0857. The van der Waals surface area contributed by atoms with Crippen molar-refractivity contribution in [2.24, 2.45) is 23.2 Å². The van der Waals surface area contributed by atoms with Crippen LogP contribution in [0.3, 0.4) is 0 Å². The Balaban J connectivity index is 2.30. The smallest absolute Gasteiger partial charge is 0.315 e. The molecule has 2 unspecified atom stereocenters. The molecule has 1 heterocycles. The molecule has 0 aromatic heterocycles. The Morgan fingerprint density at radius 2 is 1.58 bits per heavy atom. The van der Waals surface area contributed by atoms with E-state index in [1.54, 1.807) is 12.2 Å². The van der Waals surface area contributed by atoms with Crippen molar-refractivity contribution in [3.05, 3.63) is 25.3 Å². The zero-order valence-electron chi connectivity index (χ0n) is 31.7. The van der Waals surface area contributed by atoms with Gasteiger partial charge in [0.2, 0.25) is 17.6 Å². The van der Waals surface area contributed by atoms with E-state index in [4.69, 9.17) is 0 Å². The predicted octanol–water partition coefficient (Wildman–Crippen LogP) is 4.78. The van der Waals surface area contributed by atoms with Crippen molar-refractivity contribution in [1.29, 1.82) is 0 Å². The lowest BCUT2D eigenvalue weighted by atomic mass is 9.83. The van der Waals surface area contributed by atoms with Gasteiger partial charge < -0.3 is 26.2 Å². The van der Waals surface area contributed by atoms with Gasteiger partial charge >= 0.3 is 6.03 Å². The van der Waals surface area contributed by atoms with Crippen molar-refractivity contribution in [2.75, 3.05) is 24.6 Å². The van der Waals surface area contributed by atoms with E-state index >= 15 is 0 Å². The number of hydrogen-bond acceptors (Lipinski definition) is 6. The van der Waals surface area contributed by atoms with Gasteiger partial charge in [0.25, 0.3) is 5.91 Å². The first-order chi connectivity index (χ1) is 23.4. The molecule has 12 heteroatoms. The Kier molecular flexibility index (Phi) is 17.4. The lowest BCUT2D eigenvalue weighted by Crippen LogP contribution is -2.63. The number of allylic oxidation sites excluding steroid dienone is 1. The summed E-state index contributed by atoms with van der Waals surface area (Å²) in [6.07, 6.45) is 9.94. The van der Waals surface area contributed by atoms with E-state index in [1.165, 1.54) is 4.90 Å². The lowest BCUT2D eigenvalue weighted by molar-refractivity contribution is -0.143. The second-order valence-electron chi connectivity index (χ2n) is 16.1. The van der Waals surface area contributed by atoms with Crippen molar-refractivity contribution in [3.63, 3.8) is 0 Å². The summed E-state index contributed by atoms with van der Waals surface area (Å²) in [4.78, 5) is 69.4. The fourth-order valence-electron chi connectivity index (χ4n) is 6.70. The number of likely N-dealkylation sites (tertiary alicyclic amines) is 1. The summed E-state index contributed by atoms with van der Waals surface area (Å²) in [5, 5.41) is 11.5. The normalized spacial score (nSPS) is 20.8. The number of amides is 5. The largest absolute Gasteiger partial charge is 0.349 e. The van der Waals surface area contributed by atoms with Crippen LogP contribution in [0.25, 0.3) is 0 Å². The number of carbonyl (C=O) groups is 5. The summed E-state index contributed by atoms with van der Waals surface area (Å²) >= 11 is 0. The molecule has 1 aliphatic carbocycles. The van der Waals surface area contributed by atoms with Gasteiger partial charge in [-0.05, 0) is 68.1 Å². The molecule has 1 saturated heterocycles. The monoisotopic (exact) mass is 719 g/mol. The molecular weight excluding hydrogens is 655 g/mol. The van der Waals surface area contributed by atoms with Crippen LogP contribution in [-0.4, -0.2) is 86.9 Å². The average Bonchev–Trinajstić information content (AvgIpc) is 3.50. The van der Waals surface area contributed by atoms with Crippen molar-refractivity contribution >= 4 is 40.3 Å². The number of carbonyl (C=O) groups excluding carboxylic acids is 5. The number of urea groups is 1. The third-order valence-corrected chi connectivity index (χ3v) is 11.5. The van der Waals surface area contributed by atoms with E-state index in [1.807, 2.05) is 34.6 Å². The van der Waals surface area contributed by atoms with E-state index in [0.29, 0.717) is 43.2 Å². The third-order valence-electron chi connectivity index (χ3n) is 9.95. The highest BCUT2D eigenvalue weighted by Gasteiger charge is 2.46. The van der Waals surface area contributed by atoms with Crippen LogP contribution >= 0.6 is 0 Å². The van der Waals surface area contributed by atoms with Gasteiger partial charge in [-0.15, -0.1) is 13.2 Å². The van der Waals surface area contributed by atoms with Gasteiger partial charge in [-0.1, -0.05) is 79.9 Å². The van der Waals surface area contributed by atoms with Crippen molar-refractivity contribution in [2.45, 2.75) is 136 Å². The van der Waals surface area contributed by atoms with Crippen molar-refractivity contribution in [3.8, 4) is 0 Å². The number of rotatable bonds is 19. The zero-order valence-corrected chi connectivity index (χ0v) is 32.6. The second-order valence-corrected chi connectivity index (χ2v) is 17.7. The van der Waals surface area contributed by atoms with Crippen LogP contribution in [0.1, 0.15) is 113 Å². The Bertz CT molecular complexity index is 1220. The first kappa shape index (κ1) is 43.1. The molecule has 2 rings (SSSR count). The summed E-state index contributed by atoms with van der Waals surface area (Å²) in [7, 11) is -1.09. The minimum atomic E-state index is -1.09. The Hall–Kier alpha value is -3.02. The molecule has 4 N–H and O–H groups in total. The fourth-order valence-corrected chi connectivity index (χ4v) is 8.56. The van der Waals surface area contributed by atoms with Crippen LogP contribution in [0.4, 0.5) is 4.79 Å². The standard InChI is InChI=1S/C38H65N5O6S/c1-10-12-17-29(31(44)34(46)39-21-13-11-2)40-33(45)30-23-28(27(5)6)24-43(30)35(47)32(37(7,8)9)41-36(48)42-38(19-15-14-16-20-38)25-50(49)22-18-26(3)4/h10-11,26-30,32H,1-2,12-25H2,3-9H3,(H,39,46)(H,40,45)(H2,41,42,48)/t28-,29?,30+,32-,50?/m1/s1. The summed E-state index contributed by atoms with van der Waals surface area (Å²) in [6, 6.07) is -3.43. The number of ketones is 1. The van der Waals surface area contributed by atoms with Crippen molar-refractivity contribution < 1.29 is 28.2 Å². The van der Waals surface area contributed by atoms with Gasteiger partial charge in [0, 0.05) is 35.4 Å². The lowest BCUT2D eigenvalue weighted by Gasteiger charge is -2.40. The molecule has 11 nitrogen and oxygen atoms in total. The topological polar surface area (TPSA) is 154 Å². The number of Topliss-reactive ketones (excluding diaryl/α,β-unsaturated/α-hetero) is 1. The SMILES string of the molecule is C=CCCNC(=O)C(=O)C(CCC=C)NC(=O)[C@@H]1C[C@@H](C(C)C)CN1C(=O)[C@@H](NC(=O)NC1(CS(=O)CCC(C)C)CCCCC1)C(C)(C)C. The fraction of sp³-hybridized carbons (Fsp3) is 0.763. The van der Waals surface area contributed by atoms with E-state index < -0.39 is 63.5 Å². The third kappa shape index (κ3) is 13.3. The molecule has 1 aliphatic heterocycles. The van der Waals surface area contributed by atoms with E-state index in [-0.39, 0.29) is 30.7 Å². The maximum Gasteiger partial charge on any atom is 0.315 e. The molecule has 1 saturated carbocycles. The molecule has 2 fully saturated rings. The molecule has 5 amide bonds. The minimum Gasteiger partial charge on any atom is -0.349 e. The summed E-state index contributed by atoms with van der Waals surface area (Å²) in [6.45, 7) is 21.8. The van der Waals surface area contributed by atoms with Crippen LogP contribution in [-0.2, 0) is 30.0 Å². The second kappa shape index (κ2) is 20.1. The molecular formula is C38H65N5O6S. The average molecular weight is 720 g/mol. The molecule has 0 aromatic rings. The highest BCUT2D eigenvalue weighted by Crippen LogP contribution is 2.33. The molecule has 0 radical (unpaired) electrons. The van der Waals surface area contributed by atoms with Gasteiger partial charge in [-0.25, -0.2) is 4.79 Å². The predicted molar refractivity (Wildman–Crippen MR) is 201 cm³/mol. The minimum absolute atomic E-state index is 0.0139. The molecule has 0 bridgehead atoms. The van der Waals surface area contributed by atoms with Crippen molar-refractivity contribution in [1.82, 2.24) is 26.2 Å². The van der Waals surface area contributed by atoms with Gasteiger partial charge in [0.05, 0.1) is 11.6 Å².